The molecule has 1 saturated carbocycles. The number of hydrogen-bond acceptors (Lipinski definition) is 3. The predicted octanol–water partition coefficient (Wildman–Crippen LogP) is 2.01. The topological polar surface area (TPSA) is 55.1 Å². The summed E-state index contributed by atoms with van der Waals surface area (Å²) >= 11 is 1.87. The molecular formula is C13H26N2OS. The summed E-state index contributed by atoms with van der Waals surface area (Å²) in [6.07, 6.45) is 4.54. The van der Waals surface area contributed by atoms with Crippen molar-refractivity contribution in [3.05, 3.63) is 0 Å². The maximum absolute atomic E-state index is 12.2. The standard InChI is InChI=1S/C13H26N2OS/c1-3-17-9-10(2)15-13(16)12-7-5-4-6-11(12)8-14/h10-12H,3-9,14H2,1-2H3,(H,15,16). The van der Waals surface area contributed by atoms with Crippen LogP contribution in [0.5, 0.6) is 0 Å². The van der Waals surface area contributed by atoms with Crippen molar-refractivity contribution in [1.82, 2.24) is 5.32 Å². The van der Waals surface area contributed by atoms with Crippen LogP contribution in [-0.4, -0.2) is 30.0 Å². The minimum absolute atomic E-state index is 0.155. The first-order valence-corrected chi connectivity index (χ1v) is 7.92. The highest BCUT2D eigenvalue weighted by Crippen LogP contribution is 2.29. The molecule has 0 aromatic carbocycles. The Labute approximate surface area is 109 Å². The van der Waals surface area contributed by atoms with Gasteiger partial charge in [-0.3, -0.25) is 4.79 Å². The van der Waals surface area contributed by atoms with Gasteiger partial charge in [0.05, 0.1) is 0 Å². The summed E-state index contributed by atoms with van der Waals surface area (Å²) in [6.45, 7) is 4.88. The summed E-state index contributed by atoms with van der Waals surface area (Å²) in [4.78, 5) is 12.2. The van der Waals surface area contributed by atoms with Crippen LogP contribution >= 0.6 is 11.8 Å². The molecule has 3 unspecified atom stereocenters. The number of carbonyl (C=O) groups excluding carboxylic acids is 1. The Bertz CT molecular complexity index is 235. The number of rotatable bonds is 6. The van der Waals surface area contributed by atoms with E-state index in [2.05, 4.69) is 19.2 Å². The van der Waals surface area contributed by atoms with Crippen molar-refractivity contribution < 1.29 is 4.79 Å². The third kappa shape index (κ3) is 4.88. The summed E-state index contributed by atoms with van der Waals surface area (Å²) in [6, 6.07) is 0.271. The number of thioether (sulfide) groups is 1. The highest BCUT2D eigenvalue weighted by molar-refractivity contribution is 7.99. The molecule has 0 saturated heterocycles. The first-order chi connectivity index (χ1) is 8.19. The van der Waals surface area contributed by atoms with Gasteiger partial charge in [-0.1, -0.05) is 19.8 Å². The summed E-state index contributed by atoms with van der Waals surface area (Å²) in [7, 11) is 0. The van der Waals surface area contributed by atoms with Gasteiger partial charge in [0.25, 0.3) is 0 Å². The van der Waals surface area contributed by atoms with Crippen molar-refractivity contribution in [3.63, 3.8) is 0 Å². The van der Waals surface area contributed by atoms with Crippen LogP contribution in [-0.2, 0) is 4.79 Å². The van der Waals surface area contributed by atoms with E-state index in [9.17, 15) is 4.79 Å². The van der Waals surface area contributed by atoms with Crippen LogP contribution in [0.3, 0.4) is 0 Å². The lowest BCUT2D eigenvalue weighted by atomic mass is 9.78. The molecule has 100 valence electrons. The van der Waals surface area contributed by atoms with Gasteiger partial charge in [-0.2, -0.15) is 11.8 Å². The van der Waals surface area contributed by atoms with Gasteiger partial charge in [0.15, 0.2) is 0 Å². The van der Waals surface area contributed by atoms with Crippen molar-refractivity contribution in [2.75, 3.05) is 18.1 Å². The number of hydrogen-bond donors (Lipinski definition) is 2. The average Bonchev–Trinajstić information content (AvgIpc) is 2.36. The monoisotopic (exact) mass is 258 g/mol. The largest absolute Gasteiger partial charge is 0.353 e. The van der Waals surface area contributed by atoms with Crippen molar-refractivity contribution in [1.29, 1.82) is 0 Å². The Hall–Kier alpha value is -0.220. The molecule has 0 aromatic heterocycles. The fourth-order valence-electron chi connectivity index (χ4n) is 2.52. The molecule has 4 heteroatoms. The van der Waals surface area contributed by atoms with E-state index >= 15 is 0 Å². The summed E-state index contributed by atoms with van der Waals surface area (Å²) < 4.78 is 0. The molecule has 0 radical (unpaired) electrons. The molecule has 17 heavy (non-hydrogen) atoms. The second-order valence-electron chi connectivity index (χ2n) is 4.96. The van der Waals surface area contributed by atoms with Crippen LogP contribution in [0.2, 0.25) is 0 Å². The van der Waals surface area contributed by atoms with Gasteiger partial charge in [0, 0.05) is 17.7 Å². The first kappa shape index (κ1) is 14.8. The maximum Gasteiger partial charge on any atom is 0.223 e. The van der Waals surface area contributed by atoms with E-state index in [1.165, 1.54) is 12.8 Å². The Kier molecular flexibility index (Phi) is 6.97. The second kappa shape index (κ2) is 7.98. The fourth-order valence-corrected chi connectivity index (χ4v) is 3.19. The molecular weight excluding hydrogens is 232 g/mol. The molecule has 1 aliphatic carbocycles. The van der Waals surface area contributed by atoms with Gasteiger partial charge in [-0.25, -0.2) is 0 Å². The van der Waals surface area contributed by atoms with E-state index in [-0.39, 0.29) is 17.9 Å². The zero-order valence-corrected chi connectivity index (χ0v) is 11.9. The molecule has 0 aliphatic heterocycles. The van der Waals surface area contributed by atoms with Gasteiger partial charge in [0.1, 0.15) is 0 Å². The number of amides is 1. The van der Waals surface area contributed by atoms with Crippen LogP contribution in [0.4, 0.5) is 0 Å². The molecule has 3 nitrogen and oxygen atoms in total. The lowest BCUT2D eigenvalue weighted by molar-refractivity contribution is -0.128. The Morgan fingerprint density at radius 1 is 1.47 bits per heavy atom. The van der Waals surface area contributed by atoms with Gasteiger partial charge in [-0.15, -0.1) is 0 Å². The number of carbonyl (C=O) groups is 1. The molecule has 3 N–H and O–H groups in total. The summed E-state index contributed by atoms with van der Waals surface area (Å²) in [5.41, 5.74) is 5.76. The predicted molar refractivity (Wildman–Crippen MR) is 75.1 cm³/mol. The lowest BCUT2D eigenvalue weighted by Gasteiger charge is -2.30. The minimum Gasteiger partial charge on any atom is -0.353 e. The zero-order chi connectivity index (χ0) is 12.7. The van der Waals surface area contributed by atoms with Gasteiger partial charge >= 0.3 is 0 Å². The van der Waals surface area contributed by atoms with Crippen molar-refractivity contribution in [2.45, 2.75) is 45.6 Å². The van der Waals surface area contributed by atoms with Gasteiger partial charge in [0.2, 0.25) is 5.91 Å². The number of nitrogens with two attached hydrogens (primary N) is 1. The smallest absolute Gasteiger partial charge is 0.223 e. The molecule has 0 bridgehead atoms. The molecule has 1 rings (SSSR count). The zero-order valence-electron chi connectivity index (χ0n) is 11.1. The Balaban J connectivity index is 2.39. The molecule has 0 spiro atoms. The highest BCUT2D eigenvalue weighted by atomic mass is 32.2. The molecule has 0 aromatic rings. The fraction of sp³-hybridized carbons (Fsp3) is 0.923. The first-order valence-electron chi connectivity index (χ1n) is 6.77. The third-order valence-corrected chi connectivity index (χ3v) is 4.65. The molecule has 1 fully saturated rings. The normalized spacial score (nSPS) is 26.5. The van der Waals surface area contributed by atoms with Gasteiger partial charge < -0.3 is 11.1 Å². The Morgan fingerprint density at radius 2 is 2.18 bits per heavy atom. The van der Waals surface area contributed by atoms with Crippen LogP contribution < -0.4 is 11.1 Å². The van der Waals surface area contributed by atoms with E-state index in [0.717, 1.165) is 24.3 Å². The van der Waals surface area contributed by atoms with Crippen LogP contribution in [0.1, 0.15) is 39.5 Å². The van der Waals surface area contributed by atoms with Crippen LogP contribution in [0, 0.1) is 11.8 Å². The SMILES string of the molecule is CCSCC(C)NC(=O)C1CCCCC1CN. The molecule has 1 aliphatic rings. The van der Waals surface area contributed by atoms with Crippen LogP contribution in [0.15, 0.2) is 0 Å². The van der Waals surface area contributed by atoms with E-state index < -0.39 is 0 Å². The minimum atomic E-state index is 0.155. The van der Waals surface area contributed by atoms with Crippen LogP contribution in [0.25, 0.3) is 0 Å². The van der Waals surface area contributed by atoms with E-state index in [1.54, 1.807) is 0 Å². The quantitative estimate of drug-likeness (QED) is 0.766. The summed E-state index contributed by atoms with van der Waals surface area (Å²) in [5, 5.41) is 3.13. The van der Waals surface area contributed by atoms with E-state index in [1.807, 2.05) is 11.8 Å². The van der Waals surface area contributed by atoms with Crippen molar-refractivity contribution >= 4 is 17.7 Å². The highest BCUT2D eigenvalue weighted by Gasteiger charge is 2.30. The molecule has 1 amide bonds. The second-order valence-corrected chi connectivity index (χ2v) is 6.27. The van der Waals surface area contributed by atoms with E-state index in [4.69, 9.17) is 5.73 Å². The van der Waals surface area contributed by atoms with Crippen molar-refractivity contribution in [3.8, 4) is 0 Å². The lowest BCUT2D eigenvalue weighted by Crippen LogP contribution is -2.43. The third-order valence-electron chi connectivity index (χ3n) is 3.51. The Morgan fingerprint density at radius 3 is 2.82 bits per heavy atom. The maximum atomic E-state index is 12.2. The average molecular weight is 258 g/mol. The summed E-state index contributed by atoms with van der Waals surface area (Å²) in [5.74, 6) is 2.89. The molecule has 3 atom stereocenters. The molecule has 0 heterocycles. The number of nitrogens with one attached hydrogen (secondary N) is 1. The van der Waals surface area contributed by atoms with Crippen molar-refractivity contribution in [2.24, 2.45) is 17.6 Å². The van der Waals surface area contributed by atoms with Gasteiger partial charge in [-0.05, 0) is 38.0 Å². The van der Waals surface area contributed by atoms with E-state index in [0.29, 0.717) is 12.5 Å².